The third-order valence-corrected chi connectivity index (χ3v) is 8.26. The van der Waals surface area contributed by atoms with Gasteiger partial charge in [-0.25, -0.2) is 4.39 Å². The molecule has 9 heteroatoms. The number of piperazine rings is 1. The highest BCUT2D eigenvalue weighted by Crippen LogP contribution is 2.21. The molecule has 1 N–H and O–H groups in total. The van der Waals surface area contributed by atoms with Gasteiger partial charge in [-0.3, -0.25) is 19.4 Å². The standard InChI is InChI=1S/C27H32FN3O4Si/c1-36(2,35)15-5-8-26(33)30-11-13-31(14-12-30)27(34)22-16-19(9-10-23(22)28)17-24-20-6-3-4-7-21(20)25(32)18-29-24/h3-4,6-7,9-10,16,35H,5,8,11-15,17-18H2,1-2H3. The minimum atomic E-state index is -2.16. The van der Waals surface area contributed by atoms with E-state index in [4.69, 9.17) is 0 Å². The van der Waals surface area contributed by atoms with E-state index in [2.05, 4.69) is 4.99 Å². The average molecular weight is 510 g/mol. The van der Waals surface area contributed by atoms with Gasteiger partial charge in [0.15, 0.2) is 14.1 Å². The number of hydrogen-bond donors (Lipinski definition) is 1. The number of rotatable bonds is 7. The molecule has 4 rings (SSSR count). The molecule has 0 atom stereocenters. The number of hydrogen-bond acceptors (Lipinski definition) is 5. The summed E-state index contributed by atoms with van der Waals surface area (Å²) in [4.78, 5) is 55.5. The molecule has 1 fully saturated rings. The predicted octanol–water partition coefficient (Wildman–Crippen LogP) is 3.32. The minimum absolute atomic E-state index is 0.00295. The van der Waals surface area contributed by atoms with Crippen molar-refractivity contribution in [3.63, 3.8) is 0 Å². The van der Waals surface area contributed by atoms with Gasteiger partial charge in [0, 0.05) is 55.9 Å². The van der Waals surface area contributed by atoms with E-state index in [-0.39, 0.29) is 23.8 Å². The van der Waals surface area contributed by atoms with E-state index in [1.807, 2.05) is 31.3 Å². The summed E-state index contributed by atoms with van der Waals surface area (Å²) < 4.78 is 14.7. The van der Waals surface area contributed by atoms with Crippen molar-refractivity contribution in [2.75, 3.05) is 32.7 Å². The molecule has 2 aliphatic heterocycles. The Balaban J connectivity index is 1.39. The lowest BCUT2D eigenvalue weighted by Crippen LogP contribution is -2.50. The number of benzene rings is 2. The molecule has 1 saturated heterocycles. The van der Waals surface area contributed by atoms with Gasteiger partial charge in [-0.1, -0.05) is 30.3 Å². The Kier molecular flexibility index (Phi) is 7.80. The number of amides is 2. The zero-order chi connectivity index (χ0) is 25.9. The molecular weight excluding hydrogens is 477 g/mol. The molecular formula is C27H32FN3O4Si. The van der Waals surface area contributed by atoms with Crippen molar-refractivity contribution < 1.29 is 23.6 Å². The van der Waals surface area contributed by atoms with E-state index < -0.39 is 20.0 Å². The summed E-state index contributed by atoms with van der Waals surface area (Å²) in [5.74, 6) is -0.976. The number of fused-ring (bicyclic) bond motifs is 1. The highest BCUT2D eigenvalue weighted by molar-refractivity contribution is 6.69. The van der Waals surface area contributed by atoms with Crippen LogP contribution in [0.1, 0.15) is 44.7 Å². The zero-order valence-electron chi connectivity index (χ0n) is 20.8. The van der Waals surface area contributed by atoms with E-state index >= 15 is 0 Å². The summed E-state index contributed by atoms with van der Waals surface area (Å²) >= 11 is 0. The summed E-state index contributed by atoms with van der Waals surface area (Å²) in [5.41, 5.74) is 2.90. The quantitative estimate of drug-likeness (QED) is 0.580. The molecule has 2 aromatic rings. The number of nitrogens with zero attached hydrogens (tertiary/aromatic N) is 3. The number of carbonyl (C=O) groups is 3. The Labute approximate surface area is 211 Å². The molecule has 2 amide bonds. The molecule has 0 radical (unpaired) electrons. The van der Waals surface area contributed by atoms with Crippen LogP contribution in [0.5, 0.6) is 0 Å². The van der Waals surface area contributed by atoms with Gasteiger partial charge in [0.2, 0.25) is 5.91 Å². The maximum atomic E-state index is 14.7. The Morgan fingerprint density at radius 3 is 2.39 bits per heavy atom. The van der Waals surface area contributed by atoms with Gasteiger partial charge >= 0.3 is 0 Å². The van der Waals surface area contributed by atoms with E-state index in [9.17, 15) is 23.6 Å². The Morgan fingerprint density at radius 1 is 1.03 bits per heavy atom. The Bertz CT molecular complexity index is 1200. The first kappa shape index (κ1) is 25.9. The normalized spacial score (nSPS) is 16.0. The molecule has 2 aliphatic rings. The SMILES string of the molecule is C[Si](C)(O)CCCC(=O)N1CCN(C(=O)c2cc(CC3=NCC(=O)c4ccccc43)ccc2F)CC1. The largest absolute Gasteiger partial charge is 0.432 e. The fourth-order valence-electron chi connectivity index (χ4n) is 4.67. The highest BCUT2D eigenvalue weighted by Gasteiger charge is 2.27. The topological polar surface area (TPSA) is 90.3 Å². The molecule has 0 aromatic heterocycles. The van der Waals surface area contributed by atoms with Gasteiger partial charge in [-0.05, 0) is 43.3 Å². The average Bonchev–Trinajstić information content (AvgIpc) is 2.86. The Hall–Kier alpha value is -3.17. The first-order chi connectivity index (χ1) is 17.1. The zero-order valence-corrected chi connectivity index (χ0v) is 21.8. The van der Waals surface area contributed by atoms with Crippen molar-refractivity contribution in [1.29, 1.82) is 0 Å². The molecule has 0 bridgehead atoms. The summed E-state index contributed by atoms with van der Waals surface area (Å²) in [7, 11) is -2.16. The maximum absolute atomic E-state index is 14.7. The van der Waals surface area contributed by atoms with Crippen LogP contribution >= 0.6 is 0 Å². The van der Waals surface area contributed by atoms with Crippen molar-refractivity contribution >= 4 is 31.6 Å². The first-order valence-corrected chi connectivity index (χ1v) is 15.5. The number of carbonyl (C=O) groups excluding carboxylic acids is 3. The molecule has 36 heavy (non-hydrogen) atoms. The van der Waals surface area contributed by atoms with Crippen LogP contribution in [-0.4, -0.2) is 78.9 Å². The van der Waals surface area contributed by atoms with Crippen LogP contribution in [0.25, 0.3) is 0 Å². The third-order valence-electron chi connectivity index (χ3n) is 6.68. The second-order valence-corrected chi connectivity index (χ2v) is 14.2. The van der Waals surface area contributed by atoms with Crippen LogP contribution in [0.4, 0.5) is 4.39 Å². The van der Waals surface area contributed by atoms with Crippen LogP contribution in [0.3, 0.4) is 0 Å². The van der Waals surface area contributed by atoms with Crippen LogP contribution in [0.2, 0.25) is 19.1 Å². The van der Waals surface area contributed by atoms with Crippen molar-refractivity contribution in [3.8, 4) is 0 Å². The van der Waals surface area contributed by atoms with Gasteiger partial charge < -0.3 is 14.6 Å². The maximum Gasteiger partial charge on any atom is 0.256 e. The molecule has 0 unspecified atom stereocenters. The van der Waals surface area contributed by atoms with Crippen LogP contribution in [0.15, 0.2) is 47.5 Å². The van der Waals surface area contributed by atoms with E-state index in [0.717, 1.165) is 16.8 Å². The van der Waals surface area contributed by atoms with Gasteiger partial charge in [-0.2, -0.15) is 0 Å². The second-order valence-electron chi connectivity index (χ2n) is 10.1. The van der Waals surface area contributed by atoms with Crippen molar-refractivity contribution in [3.05, 3.63) is 70.5 Å². The summed E-state index contributed by atoms with van der Waals surface area (Å²) in [6, 6.07) is 12.5. The van der Waals surface area contributed by atoms with Gasteiger partial charge in [0.25, 0.3) is 5.91 Å². The van der Waals surface area contributed by atoms with Crippen LogP contribution in [-0.2, 0) is 11.2 Å². The fourth-order valence-corrected chi connectivity index (χ4v) is 5.71. The second kappa shape index (κ2) is 10.8. The predicted molar refractivity (Wildman–Crippen MR) is 139 cm³/mol. The van der Waals surface area contributed by atoms with Gasteiger partial charge in [0.1, 0.15) is 12.4 Å². The van der Waals surface area contributed by atoms with Crippen molar-refractivity contribution in [2.24, 2.45) is 4.99 Å². The number of ketones is 1. The van der Waals surface area contributed by atoms with E-state index in [1.54, 1.807) is 28.0 Å². The number of Topliss-reactive ketones (excluding diaryl/α,β-unsaturated/α-hetero) is 1. The monoisotopic (exact) mass is 509 g/mol. The third kappa shape index (κ3) is 6.14. The van der Waals surface area contributed by atoms with Crippen LogP contribution in [0, 0.1) is 5.82 Å². The lowest BCUT2D eigenvalue weighted by molar-refractivity contribution is -0.132. The minimum Gasteiger partial charge on any atom is -0.432 e. The Morgan fingerprint density at radius 2 is 1.69 bits per heavy atom. The molecule has 2 aromatic carbocycles. The van der Waals surface area contributed by atoms with Crippen molar-refractivity contribution in [2.45, 2.75) is 38.4 Å². The van der Waals surface area contributed by atoms with Gasteiger partial charge in [0.05, 0.1) is 5.56 Å². The molecule has 2 heterocycles. The summed E-state index contributed by atoms with van der Waals surface area (Å²) in [5, 5.41) is 0. The fraction of sp³-hybridized carbons (Fsp3) is 0.407. The summed E-state index contributed by atoms with van der Waals surface area (Å²) in [6.07, 6.45) is 1.44. The van der Waals surface area contributed by atoms with Crippen molar-refractivity contribution in [1.82, 2.24) is 9.80 Å². The van der Waals surface area contributed by atoms with Crippen LogP contribution < -0.4 is 0 Å². The number of aliphatic imine (C=N–C) groups is 1. The molecule has 0 saturated carbocycles. The first-order valence-electron chi connectivity index (χ1n) is 12.4. The lowest BCUT2D eigenvalue weighted by Gasteiger charge is -2.35. The molecule has 0 spiro atoms. The highest BCUT2D eigenvalue weighted by atomic mass is 28.4. The molecule has 190 valence electrons. The van der Waals surface area contributed by atoms with E-state index in [0.29, 0.717) is 57.0 Å². The summed E-state index contributed by atoms with van der Waals surface area (Å²) in [6.45, 7) is 5.31. The molecule has 7 nitrogen and oxygen atoms in total. The van der Waals surface area contributed by atoms with Gasteiger partial charge in [-0.15, -0.1) is 0 Å². The smallest absolute Gasteiger partial charge is 0.256 e. The lowest BCUT2D eigenvalue weighted by atomic mass is 9.92. The van der Waals surface area contributed by atoms with E-state index in [1.165, 1.54) is 6.07 Å². The molecule has 0 aliphatic carbocycles. The number of halogens is 1.